The molecule has 3 aromatic rings. The lowest BCUT2D eigenvalue weighted by atomic mass is 10.1. The molecule has 0 amide bonds. The van der Waals surface area contributed by atoms with E-state index in [-0.39, 0.29) is 0 Å². The van der Waals surface area contributed by atoms with Crippen LogP contribution < -0.4 is 0 Å². The van der Waals surface area contributed by atoms with Gasteiger partial charge in [0.05, 0.1) is 11.0 Å². The molecule has 2 nitrogen and oxygen atoms in total. The highest BCUT2D eigenvalue weighted by Gasteiger charge is 2.06. The smallest absolute Gasteiger partial charge is 0.138 e. The molecule has 0 unspecified atom stereocenters. The zero-order valence-corrected chi connectivity index (χ0v) is 10.3. The van der Waals surface area contributed by atoms with Crippen molar-refractivity contribution in [1.29, 1.82) is 0 Å². The van der Waals surface area contributed by atoms with Crippen molar-refractivity contribution in [3.8, 4) is 11.4 Å². The summed E-state index contributed by atoms with van der Waals surface area (Å²) >= 11 is 4.33. The topological polar surface area (TPSA) is 28.7 Å². The van der Waals surface area contributed by atoms with Gasteiger partial charge in [-0.15, -0.1) is 12.6 Å². The van der Waals surface area contributed by atoms with Gasteiger partial charge >= 0.3 is 0 Å². The fourth-order valence-corrected chi connectivity index (χ4v) is 2.17. The van der Waals surface area contributed by atoms with E-state index in [2.05, 4.69) is 41.7 Å². The van der Waals surface area contributed by atoms with Gasteiger partial charge in [0.15, 0.2) is 0 Å². The van der Waals surface area contributed by atoms with Crippen LogP contribution in [0, 0.1) is 6.92 Å². The van der Waals surface area contributed by atoms with E-state index in [0.717, 1.165) is 27.3 Å². The van der Waals surface area contributed by atoms with Gasteiger partial charge < -0.3 is 4.98 Å². The van der Waals surface area contributed by atoms with Crippen molar-refractivity contribution in [1.82, 2.24) is 9.97 Å². The van der Waals surface area contributed by atoms with Crippen LogP contribution in [0.1, 0.15) is 5.56 Å². The molecular formula is C14H12N2S. The number of nitrogens with one attached hydrogen (secondary N) is 1. The molecule has 0 aliphatic rings. The molecule has 0 aliphatic heterocycles. The SMILES string of the molecule is Cc1ccccc1-c1nc2ccc(S)cc2[nH]1. The van der Waals surface area contributed by atoms with Crippen molar-refractivity contribution < 1.29 is 0 Å². The summed E-state index contributed by atoms with van der Waals surface area (Å²) in [5.41, 5.74) is 4.36. The highest BCUT2D eigenvalue weighted by atomic mass is 32.1. The number of aryl methyl sites for hydroxylation is 1. The lowest BCUT2D eigenvalue weighted by Crippen LogP contribution is -1.83. The van der Waals surface area contributed by atoms with Gasteiger partial charge in [0.25, 0.3) is 0 Å². The third kappa shape index (κ3) is 1.83. The second-order valence-electron chi connectivity index (χ2n) is 4.10. The van der Waals surface area contributed by atoms with Crippen LogP contribution in [0.5, 0.6) is 0 Å². The van der Waals surface area contributed by atoms with Gasteiger partial charge in [-0.3, -0.25) is 0 Å². The molecule has 2 aromatic carbocycles. The maximum absolute atomic E-state index is 4.60. The van der Waals surface area contributed by atoms with Crippen molar-refractivity contribution in [2.75, 3.05) is 0 Å². The van der Waals surface area contributed by atoms with Crippen molar-refractivity contribution in [2.45, 2.75) is 11.8 Å². The molecule has 3 heteroatoms. The first kappa shape index (κ1) is 10.4. The fourth-order valence-electron chi connectivity index (χ4n) is 1.96. The summed E-state index contributed by atoms with van der Waals surface area (Å²) in [7, 11) is 0. The second kappa shape index (κ2) is 3.93. The molecule has 0 saturated carbocycles. The van der Waals surface area contributed by atoms with Crippen molar-refractivity contribution in [3.05, 3.63) is 48.0 Å². The Labute approximate surface area is 105 Å². The molecule has 0 saturated heterocycles. The molecule has 0 bridgehead atoms. The third-order valence-corrected chi connectivity index (χ3v) is 3.14. The van der Waals surface area contributed by atoms with Crippen LogP contribution in [0.3, 0.4) is 0 Å². The van der Waals surface area contributed by atoms with Gasteiger partial charge in [0, 0.05) is 10.5 Å². The summed E-state index contributed by atoms with van der Waals surface area (Å²) in [6.07, 6.45) is 0. The summed E-state index contributed by atoms with van der Waals surface area (Å²) in [6.45, 7) is 2.09. The number of rotatable bonds is 1. The van der Waals surface area contributed by atoms with Gasteiger partial charge in [-0.2, -0.15) is 0 Å². The van der Waals surface area contributed by atoms with Crippen LogP contribution >= 0.6 is 12.6 Å². The fraction of sp³-hybridized carbons (Fsp3) is 0.0714. The highest BCUT2D eigenvalue weighted by Crippen LogP contribution is 2.24. The van der Waals surface area contributed by atoms with E-state index >= 15 is 0 Å². The molecule has 1 N–H and O–H groups in total. The van der Waals surface area contributed by atoms with Crippen LogP contribution in [0.4, 0.5) is 0 Å². The molecule has 17 heavy (non-hydrogen) atoms. The number of thiol groups is 1. The van der Waals surface area contributed by atoms with Gasteiger partial charge in [-0.1, -0.05) is 24.3 Å². The molecule has 1 aromatic heterocycles. The predicted molar refractivity (Wildman–Crippen MR) is 73.5 cm³/mol. The number of aromatic nitrogens is 2. The van der Waals surface area contributed by atoms with E-state index in [9.17, 15) is 0 Å². The van der Waals surface area contributed by atoms with Crippen LogP contribution in [0.15, 0.2) is 47.4 Å². The minimum atomic E-state index is 0.914. The van der Waals surface area contributed by atoms with E-state index in [1.54, 1.807) is 0 Å². The Morgan fingerprint density at radius 2 is 1.94 bits per heavy atom. The van der Waals surface area contributed by atoms with Crippen molar-refractivity contribution >= 4 is 23.7 Å². The average molecular weight is 240 g/mol. The van der Waals surface area contributed by atoms with Crippen molar-refractivity contribution in [3.63, 3.8) is 0 Å². The minimum Gasteiger partial charge on any atom is -0.338 e. The van der Waals surface area contributed by atoms with Crippen LogP contribution in [0.25, 0.3) is 22.4 Å². The zero-order valence-electron chi connectivity index (χ0n) is 9.44. The van der Waals surface area contributed by atoms with Gasteiger partial charge in [-0.05, 0) is 30.7 Å². The monoisotopic (exact) mass is 240 g/mol. The first-order chi connectivity index (χ1) is 8.24. The average Bonchev–Trinajstić information content (AvgIpc) is 2.72. The van der Waals surface area contributed by atoms with Crippen molar-refractivity contribution in [2.24, 2.45) is 0 Å². The maximum atomic E-state index is 4.60. The molecule has 0 spiro atoms. The standard InChI is InChI=1S/C14H12N2S/c1-9-4-2-3-5-11(9)14-15-12-7-6-10(17)8-13(12)16-14/h2-8,17H,1H3,(H,15,16). The summed E-state index contributed by atoms with van der Waals surface area (Å²) < 4.78 is 0. The van der Waals surface area contributed by atoms with E-state index < -0.39 is 0 Å². The molecule has 0 fully saturated rings. The molecule has 84 valence electrons. The molecule has 3 rings (SSSR count). The number of nitrogens with zero attached hydrogens (tertiary/aromatic N) is 1. The lowest BCUT2D eigenvalue weighted by Gasteiger charge is -2.00. The van der Waals surface area contributed by atoms with Gasteiger partial charge in [0.2, 0.25) is 0 Å². The Hall–Kier alpha value is -1.74. The first-order valence-corrected chi connectivity index (χ1v) is 5.93. The zero-order chi connectivity index (χ0) is 11.8. The Kier molecular flexibility index (Phi) is 2.41. The number of imidazole rings is 1. The molecule has 0 atom stereocenters. The molecule has 1 heterocycles. The summed E-state index contributed by atoms with van der Waals surface area (Å²) in [4.78, 5) is 8.87. The summed E-state index contributed by atoms with van der Waals surface area (Å²) in [5, 5.41) is 0. The Balaban J connectivity index is 2.22. The Morgan fingerprint density at radius 1 is 1.12 bits per heavy atom. The molecular weight excluding hydrogens is 228 g/mol. The lowest BCUT2D eigenvalue weighted by molar-refractivity contribution is 1.31. The largest absolute Gasteiger partial charge is 0.338 e. The number of hydrogen-bond donors (Lipinski definition) is 2. The third-order valence-electron chi connectivity index (χ3n) is 2.87. The molecule has 0 radical (unpaired) electrons. The van der Waals surface area contributed by atoms with Crippen LogP contribution in [0.2, 0.25) is 0 Å². The number of benzene rings is 2. The van der Waals surface area contributed by atoms with E-state index in [1.807, 2.05) is 30.3 Å². The van der Waals surface area contributed by atoms with Gasteiger partial charge in [0.1, 0.15) is 5.82 Å². The second-order valence-corrected chi connectivity index (χ2v) is 4.62. The van der Waals surface area contributed by atoms with E-state index in [1.165, 1.54) is 5.56 Å². The highest BCUT2D eigenvalue weighted by molar-refractivity contribution is 7.80. The number of H-pyrrole nitrogens is 1. The quantitative estimate of drug-likeness (QED) is 0.622. The van der Waals surface area contributed by atoms with Crippen LogP contribution in [-0.2, 0) is 0 Å². The van der Waals surface area contributed by atoms with E-state index in [4.69, 9.17) is 0 Å². The van der Waals surface area contributed by atoms with Crippen LogP contribution in [-0.4, -0.2) is 9.97 Å². The number of aromatic amines is 1. The summed E-state index contributed by atoms with van der Waals surface area (Å²) in [5.74, 6) is 0.914. The first-order valence-electron chi connectivity index (χ1n) is 5.49. The number of hydrogen-bond acceptors (Lipinski definition) is 2. The van der Waals surface area contributed by atoms with Gasteiger partial charge in [-0.25, -0.2) is 4.98 Å². The maximum Gasteiger partial charge on any atom is 0.138 e. The summed E-state index contributed by atoms with van der Waals surface area (Å²) in [6, 6.07) is 14.2. The normalized spacial score (nSPS) is 10.9. The predicted octanol–water partition coefficient (Wildman–Crippen LogP) is 3.83. The molecule has 0 aliphatic carbocycles. The minimum absolute atomic E-state index is 0.914. The Morgan fingerprint density at radius 3 is 2.76 bits per heavy atom. The van der Waals surface area contributed by atoms with E-state index in [0.29, 0.717) is 0 Å². The number of fused-ring (bicyclic) bond motifs is 1. The Bertz CT molecular complexity index is 686.